The van der Waals surface area contributed by atoms with Crippen molar-refractivity contribution in [1.29, 1.82) is 0 Å². The molecular formula is C21H23NO3. The van der Waals surface area contributed by atoms with Gasteiger partial charge in [0.2, 0.25) is 0 Å². The molecule has 130 valence electrons. The molecule has 0 spiro atoms. The van der Waals surface area contributed by atoms with Gasteiger partial charge in [-0.15, -0.1) is 0 Å². The summed E-state index contributed by atoms with van der Waals surface area (Å²) in [5, 5.41) is 0. The Balaban J connectivity index is 1.76. The van der Waals surface area contributed by atoms with Crippen LogP contribution in [0.1, 0.15) is 40.9 Å². The average molecular weight is 337 g/mol. The van der Waals surface area contributed by atoms with Crippen molar-refractivity contribution in [2.24, 2.45) is 0 Å². The van der Waals surface area contributed by atoms with Crippen LogP contribution in [0.4, 0.5) is 5.69 Å². The molecule has 0 fully saturated rings. The quantitative estimate of drug-likeness (QED) is 0.800. The second-order valence-electron chi connectivity index (χ2n) is 6.81. The molecule has 1 aliphatic rings. The molecule has 4 nitrogen and oxygen atoms in total. The number of hydrogen-bond acceptors (Lipinski definition) is 3. The van der Waals surface area contributed by atoms with Crippen LogP contribution in [-0.2, 0) is 16.0 Å². The van der Waals surface area contributed by atoms with Crippen LogP contribution in [0.2, 0.25) is 0 Å². The molecule has 1 aliphatic heterocycles. The summed E-state index contributed by atoms with van der Waals surface area (Å²) in [6, 6.07) is 13.5. The zero-order valence-corrected chi connectivity index (χ0v) is 15.1. The summed E-state index contributed by atoms with van der Waals surface area (Å²) in [5.41, 5.74) is 4.53. The first-order chi connectivity index (χ1) is 11.9. The van der Waals surface area contributed by atoms with Gasteiger partial charge in [0.05, 0.1) is 5.56 Å². The molecule has 1 amide bonds. The van der Waals surface area contributed by atoms with Gasteiger partial charge in [-0.25, -0.2) is 4.79 Å². The number of hydrogen-bond donors (Lipinski definition) is 0. The van der Waals surface area contributed by atoms with Gasteiger partial charge in [-0.1, -0.05) is 35.4 Å². The lowest BCUT2D eigenvalue weighted by molar-refractivity contribution is -0.126. The van der Waals surface area contributed by atoms with E-state index in [-0.39, 0.29) is 11.9 Å². The summed E-state index contributed by atoms with van der Waals surface area (Å²) < 4.78 is 5.45. The molecule has 25 heavy (non-hydrogen) atoms. The summed E-state index contributed by atoms with van der Waals surface area (Å²) in [7, 11) is 0. The van der Waals surface area contributed by atoms with E-state index >= 15 is 0 Å². The van der Waals surface area contributed by atoms with Crippen molar-refractivity contribution >= 4 is 17.6 Å². The third kappa shape index (κ3) is 3.43. The Morgan fingerprint density at radius 2 is 1.76 bits per heavy atom. The maximum absolute atomic E-state index is 12.9. The summed E-state index contributed by atoms with van der Waals surface area (Å²) >= 11 is 0. The Bertz CT molecular complexity index is 807. The summed E-state index contributed by atoms with van der Waals surface area (Å²) in [4.78, 5) is 27.0. The third-order valence-electron chi connectivity index (χ3n) is 4.53. The van der Waals surface area contributed by atoms with Crippen molar-refractivity contribution in [2.45, 2.75) is 46.3 Å². The lowest BCUT2D eigenvalue weighted by Gasteiger charge is -2.26. The molecule has 0 aromatic heterocycles. The second kappa shape index (κ2) is 6.71. The van der Waals surface area contributed by atoms with Crippen LogP contribution in [0.15, 0.2) is 42.5 Å². The van der Waals surface area contributed by atoms with Crippen molar-refractivity contribution in [2.75, 3.05) is 4.90 Å². The largest absolute Gasteiger partial charge is 0.449 e. The Morgan fingerprint density at radius 3 is 2.44 bits per heavy atom. The van der Waals surface area contributed by atoms with Gasteiger partial charge in [-0.2, -0.15) is 0 Å². The van der Waals surface area contributed by atoms with Crippen LogP contribution in [0.3, 0.4) is 0 Å². The van der Waals surface area contributed by atoms with E-state index in [0.29, 0.717) is 5.56 Å². The number of anilines is 1. The molecule has 0 bridgehead atoms. The Labute approximate surface area is 148 Å². The van der Waals surface area contributed by atoms with Gasteiger partial charge in [0.1, 0.15) is 0 Å². The maximum atomic E-state index is 12.9. The van der Waals surface area contributed by atoms with E-state index in [4.69, 9.17) is 4.74 Å². The van der Waals surface area contributed by atoms with Crippen molar-refractivity contribution in [3.63, 3.8) is 0 Å². The summed E-state index contributed by atoms with van der Waals surface area (Å²) in [6.07, 6.45) is -0.0124. The fraction of sp³-hybridized carbons (Fsp3) is 0.333. The number of rotatable bonds is 3. The highest BCUT2D eigenvalue weighted by Gasteiger charge is 2.34. The van der Waals surface area contributed by atoms with Crippen LogP contribution < -0.4 is 4.90 Å². The topological polar surface area (TPSA) is 46.6 Å². The van der Waals surface area contributed by atoms with Gasteiger partial charge in [-0.05, 0) is 57.9 Å². The zero-order valence-electron chi connectivity index (χ0n) is 15.1. The molecule has 0 aliphatic carbocycles. The minimum atomic E-state index is -0.832. The monoisotopic (exact) mass is 337 g/mol. The molecule has 2 atom stereocenters. The van der Waals surface area contributed by atoms with Gasteiger partial charge in [-0.3, -0.25) is 4.79 Å². The SMILES string of the molecule is Cc1cc(C)cc(C(=O)O[C@H](C)C(=O)N2c3ccccc3C[C@H]2C)c1. The number of carbonyl (C=O) groups is 2. The fourth-order valence-corrected chi connectivity index (χ4v) is 3.47. The molecule has 3 rings (SSSR count). The van der Waals surface area contributed by atoms with Gasteiger partial charge in [0, 0.05) is 11.7 Å². The van der Waals surface area contributed by atoms with E-state index in [1.807, 2.05) is 51.1 Å². The molecule has 2 aromatic rings. The number of fused-ring (bicyclic) bond motifs is 1. The smallest absolute Gasteiger partial charge is 0.338 e. The van der Waals surface area contributed by atoms with E-state index in [0.717, 1.165) is 28.8 Å². The van der Waals surface area contributed by atoms with E-state index in [1.165, 1.54) is 0 Å². The number of aryl methyl sites for hydroxylation is 2. The van der Waals surface area contributed by atoms with E-state index in [9.17, 15) is 9.59 Å². The Kier molecular flexibility index (Phi) is 4.62. The molecule has 0 N–H and O–H groups in total. The first-order valence-electron chi connectivity index (χ1n) is 8.57. The number of ether oxygens (including phenoxy) is 1. The van der Waals surface area contributed by atoms with Gasteiger partial charge < -0.3 is 9.64 Å². The zero-order chi connectivity index (χ0) is 18.1. The maximum Gasteiger partial charge on any atom is 0.338 e. The summed E-state index contributed by atoms with van der Waals surface area (Å²) in [6.45, 7) is 7.51. The lowest BCUT2D eigenvalue weighted by Crippen LogP contribution is -2.43. The number of carbonyl (C=O) groups excluding carboxylic acids is 2. The van der Waals surface area contributed by atoms with E-state index in [1.54, 1.807) is 24.0 Å². The highest BCUT2D eigenvalue weighted by atomic mass is 16.5. The predicted molar refractivity (Wildman–Crippen MR) is 97.9 cm³/mol. The predicted octanol–water partition coefficient (Wildman–Crippen LogP) is 3.83. The normalized spacial score (nSPS) is 17.1. The second-order valence-corrected chi connectivity index (χ2v) is 6.81. The number of amides is 1. The van der Waals surface area contributed by atoms with Crippen LogP contribution in [0.5, 0.6) is 0 Å². The third-order valence-corrected chi connectivity index (χ3v) is 4.53. The first kappa shape index (κ1) is 17.2. The molecule has 4 heteroatoms. The minimum Gasteiger partial charge on any atom is -0.449 e. The van der Waals surface area contributed by atoms with Crippen molar-refractivity contribution < 1.29 is 14.3 Å². The van der Waals surface area contributed by atoms with E-state index < -0.39 is 12.1 Å². The molecule has 0 radical (unpaired) electrons. The fourth-order valence-electron chi connectivity index (χ4n) is 3.47. The Hall–Kier alpha value is -2.62. The molecule has 0 unspecified atom stereocenters. The molecule has 0 saturated carbocycles. The van der Waals surface area contributed by atoms with Gasteiger partial charge in [0.25, 0.3) is 5.91 Å². The lowest BCUT2D eigenvalue weighted by atomic mass is 10.1. The number of esters is 1. The van der Waals surface area contributed by atoms with Crippen LogP contribution in [0, 0.1) is 13.8 Å². The molecule has 2 aromatic carbocycles. The first-order valence-corrected chi connectivity index (χ1v) is 8.57. The van der Waals surface area contributed by atoms with Gasteiger partial charge >= 0.3 is 5.97 Å². The highest BCUT2D eigenvalue weighted by Crippen LogP contribution is 2.32. The minimum absolute atomic E-state index is 0.0623. The molecule has 0 saturated heterocycles. The van der Waals surface area contributed by atoms with Crippen molar-refractivity contribution in [3.8, 4) is 0 Å². The standard InChI is InChI=1S/C21H23NO3/c1-13-9-14(2)11-18(10-13)21(24)25-16(4)20(23)22-15(3)12-17-7-5-6-8-19(17)22/h5-11,15-16H,12H2,1-4H3/t15-,16-/m1/s1. The Morgan fingerprint density at radius 1 is 1.12 bits per heavy atom. The van der Waals surface area contributed by atoms with Crippen molar-refractivity contribution in [3.05, 3.63) is 64.7 Å². The average Bonchev–Trinajstić information content (AvgIpc) is 2.88. The van der Waals surface area contributed by atoms with Crippen LogP contribution in [-0.4, -0.2) is 24.0 Å². The van der Waals surface area contributed by atoms with Crippen LogP contribution in [0.25, 0.3) is 0 Å². The number of benzene rings is 2. The number of para-hydroxylation sites is 1. The van der Waals surface area contributed by atoms with Gasteiger partial charge in [0.15, 0.2) is 6.10 Å². The van der Waals surface area contributed by atoms with E-state index in [2.05, 4.69) is 0 Å². The summed E-state index contributed by atoms with van der Waals surface area (Å²) in [5.74, 6) is -0.650. The highest BCUT2D eigenvalue weighted by molar-refractivity contribution is 6.01. The molecular weight excluding hydrogens is 314 g/mol. The molecule has 1 heterocycles. The van der Waals surface area contributed by atoms with Crippen LogP contribution >= 0.6 is 0 Å². The number of nitrogens with zero attached hydrogens (tertiary/aromatic N) is 1. The van der Waals surface area contributed by atoms with Crippen molar-refractivity contribution in [1.82, 2.24) is 0 Å².